The van der Waals surface area contributed by atoms with Crippen molar-refractivity contribution in [2.75, 3.05) is 0 Å². The van der Waals surface area contributed by atoms with Crippen LogP contribution in [0, 0.1) is 0 Å². The summed E-state index contributed by atoms with van der Waals surface area (Å²) in [5.41, 5.74) is 4.76. The first-order chi connectivity index (χ1) is 19.6. The Bertz CT molecular complexity index is 1820. The number of fused-ring (bicyclic) bond motifs is 2. The largest absolute Gasteiger partial charge is 0.449 e. The number of aromatic nitrogens is 3. The maximum atomic E-state index is 6.21. The van der Waals surface area contributed by atoms with Crippen LogP contribution in [0.4, 0.5) is 0 Å². The average molecular weight is 649 g/mol. The Balaban J connectivity index is 1.28. The van der Waals surface area contributed by atoms with Crippen LogP contribution in [0.2, 0.25) is 0 Å². The Morgan fingerprint density at radius 2 is 0.825 bits per heavy atom. The van der Waals surface area contributed by atoms with Gasteiger partial charge in [-0.05, 0) is 61.2 Å². The zero-order chi connectivity index (χ0) is 27.1. The van der Waals surface area contributed by atoms with Gasteiger partial charge in [0.2, 0.25) is 0 Å². The summed E-state index contributed by atoms with van der Waals surface area (Å²) in [4.78, 5) is 14.5. The second-order valence-corrected chi connectivity index (χ2v) is 10.9. The molecule has 0 unspecified atom stereocenters. The molecule has 5 nitrogen and oxygen atoms in total. The Morgan fingerprint density at radius 3 is 1.43 bits per heavy atom. The fraction of sp³-hybridized carbons (Fsp3) is 0. The topological polar surface area (TPSA) is 57.1 Å². The lowest BCUT2D eigenvalue weighted by Crippen LogP contribution is -2.00. The zero-order valence-corrected chi connectivity index (χ0v) is 24.1. The van der Waals surface area contributed by atoms with Gasteiger partial charge in [-0.1, -0.05) is 84.9 Å². The Hall–Kier alpha value is -4.33. The van der Waals surface area contributed by atoms with E-state index in [2.05, 4.69) is 44.0 Å². The van der Waals surface area contributed by atoms with E-state index in [1.54, 1.807) is 0 Å². The summed E-state index contributed by atoms with van der Waals surface area (Å²) in [5, 5.41) is 0. The van der Waals surface area contributed by atoms with Crippen LogP contribution in [0.25, 0.3) is 45.3 Å². The highest BCUT2D eigenvalue weighted by Gasteiger charge is 2.21. The van der Waals surface area contributed by atoms with Crippen LogP contribution in [0.3, 0.4) is 0 Å². The molecule has 6 aromatic rings. The number of hydrogen-bond donors (Lipinski definition) is 0. The van der Waals surface area contributed by atoms with Gasteiger partial charge < -0.3 is 9.47 Å². The molecule has 0 saturated heterocycles. The van der Waals surface area contributed by atoms with Crippen molar-refractivity contribution < 1.29 is 9.47 Å². The molecular weight excluding hydrogens is 630 g/mol. The third-order valence-corrected chi connectivity index (χ3v) is 8.37. The fourth-order valence-electron chi connectivity index (χ4n) is 4.53. The third kappa shape index (κ3) is 4.78. The van der Waals surface area contributed by atoms with Crippen LogP contribution in [-0.2, 0) is 0 Å². The van der Waals surface area contributed by atoms with E-state index in [-0.39, 0.29) is 0 Å². The summed E-state index contributed by atoms with van der Waals surface area (Å²) in [6.07, 6.45) is 0. The van der Waals surface area contributed by atoms with Crippen LogP contribution in [0.1, 0.15) is 0 Å². The lowest BCUT2D eigenvalue weighted by atomic mass is 10.0. The van der Waals surface area contributed by atoms with E-state index in [4.69, 9.17) is 24.4 Å². The minimum atomic E-state index is 0.608. The maximum absolute atomic E-state index is 6.21. The van der Waals surface area contributed by atoms with Gasteiger partial charge in [0.05, 0.1) is 0 Å². The summed E-state index contributed by atoms with van der Waals surface area (Å²) in [6.45, 7) is 0. The van der Waals surface area contributed by atoms with Gasteiger partial charge in [0.1, 0.15) is 0 Å². The monoisotopic (exact) mass is 647 g/mol. The highest BCUT2D eigenvalue weighted by Crippen LogP contribution is 2.49. The predicted octanol–water partition coefficient (Wildman–Crippen LogP) is 9.96. The molecule has 1 aliphatic heterocycles. The molecule has 192 valence electrons. The van der Waals surface area contributed by atoms with Gasteiger partial charge in [-0.25, -0.2) is 15.0 Å². The molecular formula is C33H19Br2N3O2. The SMILES string of the molecule is Brc1cc2c(cc1Br)Oc1cc(-c3cccc(-c4nc(-c5ccccc5)nc(-c5ccccc5)n4)c3)ccc1O2. The number of benzene rings is 5. The lowest BCUT2D eigenvalue weighted by Gasteiger charge is -2.22. The highest BCUT2D eigenvalue weighted by molar-refractivity contribution is 9.13. The molecule has 1 aliphatic rings. The molecule has 7 heteroatoms. The molecule has 0 bridgehead atoms. The van der Waals surface area contributed by atoms with Gasteiger partial charge in [0.25, 0.3) is 0 Å². The van der Waals surface area contributed by atoms with E-state index in [1.807, 2.05) is 103 Å². The number of ether oxygens (including phenoxy) is 2. The lowest BCUT2D eigenvalue weighted by molar-refractivity contribution is 0.359. The standard InChI is InChI=1S/C33H19Br2N3O2/c34-25-18-29-30(19-26(25)35)40-28-17-23(14-15-27(28)39-29)22-12-7-13-24(16-22)33-37-31(20-8-3-1-4-9-20)36-32(38-33)21-10-5-2-6-11-21/h1-19H. The van der Waals surface area contributed by atoms with Crippen LogP contribution in [0.5, 0.6) is 23.0 Å². The number of rotatable bonds is 4. The molecule has 0 saturated carbocycles. The molecule has 0 spiro atoms. The van der Waals surface area contributed by atoms with Crippen molar-refractivity contribution in [1.82, 2.24) is 15.0 Å². The number of halogens is 2. The van der Waals surface area contributed by atoms with Crippen molar-refractivity contribution in [3.8, 4) is 68.3 Å². The summed E-state index contributed by atoms with van der Waals surface area (Å²) in [7, 11) is 0. The van der Waals surface area contributed by atoms with Crippen molar-refractivity contribution in [3.63, 3.8) is 0 Å². The summed E-state index contributed by atoms with van der Waals surface area (Å²) < 4.78 is 14.1. The van der Waals surface area contributed by atoms with Crippen LogP contribution < -0.4 is 9.47 Å². The zero-order valence-electron chi connectivity index (χ0n) is 20.9. The first-order valence-corrected chi connectivity index (χ1v) is 14.2. The molecule has 0 fully saturated rings. The van der Waals surface area contributed by atoms with Gasteiger partial charge >= 0.3 is 0 Å². The first kappa shape index (κ1) is 24.7. The van der Waals surface area contributed by atoms with Crippen molar-refractivity contribution in [3.05, 3.63) is 124 Å². The second kappa shape index (κ2) is 10.3. The van der Waals surface area contributed by atoms with E-state index >= 15 is 0 Å². The Labute approximate surface area is 247 Å². The number of hydrogen-bond acceptors (Lipinski definition) is 5. The van der Waals surface area contributed by atoms with Crippen LogP contribution in [0.15, 0.2) is 124 Å². The van der Waals surface area contributed by atoms with E-state index in [1.165, 1.54) is 0 Å². The summed E-state index contributed by atoms with van der Waals surface area (Å²) in [6, 6.07) is 37.9. The maximum Gasteiger partial charge on any atom is 0.171 e. The molecule has 0 radical (unpaired) electrons. The molecule has 40 heavy (non-hydrogen) atoms. The summed E-state index contributed by atoms with van der Waals surface area (Å²) >= 11 is 7.06. The molecule has 0 N–H and O–H groups in total. The molecule has 7 rings (SSSR count). The van der Waals surface area contributed by atoms with Gasteiger partial charge in [0.15, 0.2) is 40.5 Å². The molecule has 5 aromatic carbocycles. The minimum absolute atomic E-state index is 0.608. The highest BCUT2D eigenvalue weighted by atomic mass is 79.9. The van der Waals surface area contributed by atoms with Gasteiger partial charge in [0, 0.05) is 37.8 Å². The van der Waals surface area contributed by atoms with Gasteiger partial charge in [-0.15, -0.1) is 0 Å². The molecule has 0 aliphatic carbocycles. The van der Waals surface area contributed by atoms with Crippen molar-refractivity contribution in [1.29, 1.82) is 0 Å². The predicted molar refractivity (Wildman–Crippen MR) is 164 cm³/mol. The van der Waals surface area contributed by atoms with E-state index < -0.39 is 0 Å². The minimum Gasteiger partial charge on any atom is -0.449 e. The average Bonchev–Trinajstić information content (AvgIpc) is 3.01. The summed E-state index contributed by atoms with van der Waals surface area (Å²) in [5.74, 6) is 4.51. The Morgan fingerprint density at radius 1 is 0.375 bits per heavy atom. The quantitative estimate of drug-likeness (QED) is 0.190. The second-order valence-electron chi connectivity index (χ2n) is 9.20. The third-order valence-electron chi connectivity index (χ3n) is 6.52. The van der Waals surface area contributed by atoms with Gasteiger partial charge in [-0.3, -0.25) is 0 Å². The van der Waals surface area contributed by atoms with Crippen molar-refractivity contribution >= 4 is 31.9 Å². The number of nitrogens with zero attached hydrogens (tertiary/aromatic N) is 3. The van der Waals surface area contributed by atoms with E-state index in [0.717, 1.165) is 36.8 Å². The molecule has 1 aromatic heterocycles. The first-order valence-electron chi connectivity index (χ1n) is 12.6. The fourth-order valence-corrected chi connectivity index (χ4v) is 5.18. The Kier molecular flexibility index (Phi) is 6.38. The molecule has 0 atom stereocenters. The molecule has 2 heterocycles. The smallest absolute Gasteiger partial charge is 0.171 e. The van der Waals surface area contributed by atoms with E-state index in [9.17, 15) is 0 Å². The molecule has 0 amide bonds. The van der Waals surface area contributed by atoms with Crippen molar-refractivity contribution in [2.45, 2.75) is 0 Å². The van der Waals surface area contributed by atoms with Crippen LogP contribution >= 0.6 is 31.9 Å². The van der Waals surface area contributed by atoms with Crippen molar-refractivity contribution in [2.24, 2.45) is 0 Å². The van der Waals surface area contributed by atoms with E-state index in [0.29, 0.717) is 40.5 Å². The van der Waals surface area contributed by atoms with Crippen LogP contribution in [-0.4, -0.2) is 15.0 Å². The van der Waals surface area contributed by atoms with Gasteiger partial charge in [-0.2, -0.15) is 0 Å². The normalized spacial score (nSPS) is 11.7.